The van der Waals surface area contributed by atoms with Gasteiger partial charge in [0, 0.05) is 65.1 Å². The second-order valence-corrected chi connectivity index (χ2v) is 11.0. The number of anilines is 1. The molecular weight excluding hydrogens is 458 g/mol. The summed E-state index contributed by atoms with van der Waals surface area (Å²) < 4.78 is 1.11. The van der Waals surface area contributed by atoms with Crippen LogP contribution in [0.2, 0.25) is 5.02 Å². The van der Waals surface area contributed by atoms with E-state index in [-0.39, 0.29) is 5.41 Å². The molecule has 0 unspecified atom stereocenters. The van der Waals surface area contributed by atoms with Crippen LogP contribution in [0.15, 0.2) is 34.8 Å². The first-order chi connectivity index (χ1) is 14.4. The maximum atomic E-state index is 6.87. The van der Waals surface area contributed by atoms with Crippen molar-refractivity contribution in [2.75, 3.05) is 31.1 Å². The zero-order valence-electron chi connectivity index (χ0n) is 17.6. The summed E-state index contributed by atoms with van der Waals surface area (Å²) in [4.78, 5) is 8.89. The Hall–Kier alpha value is -1.49. The molecular formula is C25H27BrClN3. The number of nitrogens with one attached hydrogen (secondary N) is 1. The number of hydrogen-bond acceptors (Lipinski definition) is 2. The van der Waals surface area contributed by atoms with Gasteiger partial charge in [0.05, 0.1) is 10.7 Å². The molecule has 5 heteroatoms. The molecule has 1 aromatic heterocycles. The highest BCUT2D eigenvalue weighted by Crippen LogP contribution is 2.46. The Bertz CT molecular complexity index is 1150. The van der Waals surface area contributed by atoms with Gasteiger partial charge in [0.2, 0.25) is 0 Å². The van der Waals surface area contributed by atoms with Crippen molar-refractivity contribution < 1.29 is 0 Å². The van der Waals surface area contributed by atoms with Crippen LogP contribution in [0, 0.1) is 0 Å². The molecule has 0 radical (unpaired) electrons. The minimum Gasteiger partial charge on any atom is -0.368 e. The van der Waals surface area contributed by atoms with Gasteiger partial charge in [-0.25, -0.2) is 0 Å². The Labute approximate surface area is 191 Å². The maximum absolute atomic E-state index is 6.87. The lowest BCUT2D eigenvalue weighted by Crippen LogP contribution is -2.47. The Morgan fingerprint density at radius 2 is 1.83 bits per heavy atom. The lowest BCUT2D eigenvalue weighted by atomic mass is 9.71. The Balaban J connectivity index is 1.39. The first kappa shape index (κ1) is 19.2. The number of aromatic amines is 1. The highest BCUT2D eigenvalue weighted by atomic mass is 79.9. The summed E-state index contributed by atoms with van der Waals surface area (Å²) in [5, 5.41) is 2.22. The van der Waals surface area contributed by atoms with E-state index in [4.69, 9.17) is 11.6 Å². The number of halogens is 2. The number of piperazine rings is 1. The fraction of sp³-hybridized carbons (Fsp3) is 0.440. The Morgan fingerprint density at radius 1 is 1.07 bits per heavy atom. The van der Waals surface area contributed by atoms with E-state index in [2.05, 4.69) is 74.9 Å². The average Bonchev–Trinajstić information content (AvgIpc) is 3.50. The number of rotatable bonds is 2. The number of hydrogen-bond donors (Lipinski definition) is 1. The summed E-state index contributed by atoms with van der Waals surface area (Å²) in [6.07, 6.45) is 3.71. The highest BCUT2D eigenvalue weighted by molar-refractivity contribution is 9.10. The van der Waals surface area contributed by atoms with Crippen LogP contribution in [-0.4, -0.2) is 42.1 Å². The number of fused-ring (bicyclic) bond motifs is 4. The molecule has 6 rings (SSSR count). The van der Waals surface area contributed by atoms with Gasteiger partial charge in [-0.2, -0.15) is 0 Å². The molecule has 0 amide bonds. The number of aromatic nitrogens is 1. The smallest absolute Gasteiger partial charge is 0.0642 e. The summed E-state index contributed by atoms with van der Waals surface area (Å²) in [5.41, 5.74) is 7.86. The van der Waals surface area contributed by atoms with Crippen LogP contribution >= 0.6 is 27.5 Å². The normalized spacial score (nSPS) is 21.0. The molecule has 1 saturated carbocycles. The summed E-state index contributed by atoms with van der Waals surface area (Å²) in [6, 6.07) is 12.0. The molecule has 2 aliphatic carbocycles. The molecule has 0 atom stereocenters. The van der Waals surface area contributed by atoms with Crippen LogP contribution in [0.25, 0.3) is 10.9 Å². The monoisotopic (exact) mass is 483 g/mol. The number of nitrogens with zero attached hydrogens (tertiary/aromatic N) is 2. The van der Waals surface area contributed by atoms with Crippen LogP contribution in [0.5, 0.6) is 0 Å². The number of benzene rings is 2. The van der Waals surface area contributed by atoms with Gasteiger partial charge in [-0.3, -0.25) is 4.90 Å². The van der Waals surface area contributed by atoms with E-state index in [1.54, 1.807) is 0 Å². The molecule has 3 aromatic rings. The summed E-state index contributed by atoms with van der Waals surface area (Å²) in [5.74, 6) is 0. The number of H-pyrrole nitrogens is 1. The summed E-state index contributed by atoms with van der Waals surface area (Å²) in [6.45, 7) is 9.14. The van der Waals surface area contributed by atoms with Crippen LogP contribution in [0.3, 0.4) is 0 Å². The van der Waals surface area contributed by atoms with Crippen molar-refractivity contribution >= 4 is 44.1 Å². The molecule has 156 valence electrons. The van der Waals surface area contributed by atoms with Crippen LogP contribution in [0.1, 0.15) is 49.1 Å². The van der Waals surface area contributed by atoms with Crippen LogP contribution in [-0.2, 0) is 11.8 Å². The van der Waals surface area contributed by atoms with Gasteiger partial charge in [0.15, 0.2) is 0 Å². The van der Waals surface area contributed by atoms with E-state index in [0.29, 0.717) is 0 Å². The lowest BCUT2D eigenvalue weighted by Gasteiger charge is -2.39. The Kier molecular flexibility index (Phi) is 4.32. The molecule has 1 aliphatic heterocycles. The zero-order valence-corrected chi connectivity index (χ0v) is 19.9. The SMILES string of the molecule is CC1(C)c2cc(N3CCN(C4CC4)CC3)c(Cl)cc2Cc2c1[nH]c1cc(Br)ccc21. The first-order valence-corrected chi connectivity index (χ1v) is 12.2. The predicted molar refractivity (Wildman–Crippen MR) is 129 cm³/mol. The van der Waals surface area contributed by atoms with Crippen molar-refractivity contribution in [3.8, 4) is 0 Å². The second kappa shape index (κ2) is 6.75. The predicted octanol–water partition coefficient (Wildman–Crippen LogP) is 6.10. The van der Waals surface area contributed by atoms with Crippen LogP contribution in [0.4, 0.5) is 5.69 Å². The van der Waals surface area contributed by atoms with Gasteiger partial charge in [-0.05, 0) is 53.8 Å². The van der Waals surface area contributed by atoms with Crippen molar-refractivity contribution in [3.05, 3.63) is 62.2 Å². The molecule has 0 bridgehead atoms. The second-order valence-electron chi connectivity index (χ2n) is 9.69. The quantitative estimate of drug-likeness (QED) is 0.475. The van der Waals surface area contributed by atoms with Gasteiger partial charge in [-0.15, -0.1) is 0 Å². The molecule has 2 aromatic carbocycles. The highest BCUT2D eigenvalue weighted by Gasteiger charge is 2.37. The van der Waals surface area contributed by atoms with E-state index in [9.17, 15) is 0 Å². The van der Waals surface area contributed by atoms with E-state index in [1.807, 2.05) is 0 Å². The lowest BCUT2D eigenvalue weighted by molar-refractivity contribution is 0.248. The summed E-state index contributed by atoms with van der Waals surface area (Å²) >= 11 is 10.5. The average molecular weight is 485 g/mol. The fourth-order valence-electron chi connectivity index (χ4n) is 5.61. The van der Waals surface area contributed by atoms with Crippen LogP contribution < -0.4 is 4.90 Å². The fourth-order valence-corrected chi connectivity index (χ4v) is 6.28. The minimum absolute atomic E-state index is 0.0798. The van der Waals surface area contributed by atoms with E-state index in [1.165, 1.54) is 51.8 Å². The molecule has 30 heavy (non-hydrogen) atoms. The van der Waals surface area contributed by atoms with Gasteiger partial charge in [-0.1, -0.05) is 47.4 Å². The third-order valence-electron chi connectivity index (χ3n) is 7.42. The van der Waals surface area contributed by atoms with E-state index >= 15 is 0 Å². The Morgan fingerprint density at radius 3 is 2.57 bits per heavy atom. The van der Waals surface area contributed by atoms with E-state index in [0.717, 1.165) is 48.1 Å². The first-order valence-electron chi connectivity index (χ1n) is 11.0. The van der Waals surface area contributed by atoms with Crippen molar-refractivity contribution in [2.45, 2.75) is 44.6 Å². The van der Waals surface area contributed by atoms with Gasteiger partial charge in [0.25, 0.3) is 0 Å². The maximum Gasteiger partial charge on any atom is 0.0642 e. The van der Waals surface area contributed by atoms with Gasteiger partial charge in [0.1, 0.15) is 0 Å². The molecule has 2 heterocycles. The molecule has 0 spiro atoms. The molecule has 1 N–H and O–H groups in total. The van der Waals surface area contributed by atoms with Gasteiger partial charge < -0.3 is 9.88 Å². The molecule has 3 nitrogen and oxygen atoms in total. The molecule has 3 aliphatic rings. The van der Waals surface area contributed by atoms with E-state index < -0.39 is 0 Å². The zero-order chi connectivity index (χ0) is 20.6. The van der Waals surface area contributed by atoms with Crippen molar-refractivity contribution in [2.24, 2.45) is 0 Å². The van der Waals surface area contributed by atoms with Crippen molar-refractivity contribution in [3.63, 3.8) is 0 Å². The molecule has 1 saturated heterocycles. The standard InChI is InChI=1S/C25H27BrClN3/c1-25(2)20-14-23(30-9-7-29(8-10-30)17-4-5-17)21(27)12-15(20)11-19-18-6-3-16(26)13-22(18)28-24(19)25/h3,6,12-14,17,28H,4-5,7-11H2,1-2H3. The van der Waals surface area contributed by atoms with Gasteiger partial charge >= 0.3 is 0 Å². The summed E-state index contributed by atoms with van der Waals surface area (Å²) in [7, 11) is 0. The molecule has 2 fully saturated rings. The third kappa shape index (κ3) is 2.95. The van der Waals surface area contributed by atoms with Crippen molar-refractivity contribution in [1.82, 2.24) is 9.88 Å². The minimum atomic E-state index is -0.0798. The third-order valence-corrected chi connectivity index (χ3v) is 8.22. The largest absolute Gasteiger partial charge is 0.368 e. The van der Waals surface area contributed by atoms with Crippen molar-refractivity contribution in [1.29, 1.82) is 0 Å². The topological polar surface area (TPSA) is 22.3 Å².